The summed E-state index contributed by atoms with van der Waals surface area (Å²) in [6, 6.07) is 6.05. The van der Waals surface area contributed by atoms with Crippen molar-refractivity contribution in [2.75, 3.05) is 6.61 Å². The van der Waals surface area contributed by atoms with Crippen molar-refractivity contribution in [1.82, 2.24) is 0 Å². The maximum absolute atomic E-state index is 11.8. The van der Waals surface area contributed by atoms with Crippen LogP contribution in [0.1, 0.15) is 5.56 Å². The second-order valence-electron chi connectivity index (χ2n) is 5.06. The first-order valence-electron chi connectivity index (χ1n) is 6.90. The van der Waals surface area contributed by atoms with Crippen LogP contribution in [0, 0.1) is 0 Å². The second kappa shape index (κ2) is 7.53. The number of rotatable bonds is 4. The fraction of sp³-hybridized carbons (Fsp3) is 0.400. The van der Waals surface area contributed by atoms with E-state index in [0.29, 0.717) is 5.56 Å². The van der Waals surface area contributed by atoms with Gasteiger partial charge in [-0.1, -0.05) is 12.1 Å². The summed E-state index contributed by atoms with van der Waals surface area (Å²) >= 11 is 0. The molecule has 1 aromatic carbocycles. The normalized spacial score (nSPS) is 31.2. The Morgan fingerprint density at radius 2 is 1.83 bits per heavy atom. The zero-order valence-corrected chi connectivity index (χ0v) is 12.0. The number of phenols is 1. The van der Waals surface area contributed by atoms with Crippen LogP contribution in [0.3, 0.4) is 0 Å². The Balaban J connectivity index is 2.01. The molecule has 1 saturated heterocycles. The highest BCUT2D eigenvalue weighted by Crippen LogP contribution is 2.22. The number of aliphatic hydroxyl groups is 4. The van der Waals surface area contributed by atoms with Gasteiger partial charge in [-0.2, -0.15) is 0 Å². The number of aromatic hydroxyl groups is 1. The number of ether oxygens (including phenoxy) is 2. The minimum Gasteiger partial charge on any atom is -0.508 e. The third-order valence-electron chi connectivity index (χ3n) is 3.40. The molecule has 1 aliphatic rings. The molecule has 0 bridgehead atoms. The Kier molecular flexibility index (Phi) is 5.69. The van der Waals surface area contributed by atoms with E-state index in [2.05, 4.69) is 0 Å². The van der Waals surface area contributed by atoms with E-state index in [0.717, 1.165) is 6.08 Å². The van der Waals surface area contributed by atoms with Gasteiger partial charge in [-0.3, -0.25) is 0 Å². The maximum atomic E-state index is 11.8. The molecule has 1 aromatic rings. The van der Waals surface area contributed by atoms with Crippen molar-refractivity contribution in [3.63, 3.8) is 0 Å². The molecule has 8 nitrogen and oxygen atoms in total. The SMILES string of the molecule is O=C(/C=C\c1ccc(O)cc1)O[C@H]1[C@H](O)[C@@H](O)[C@H](O)O[C@@H]1CO. The molecule has 8 heteroatoms. The van der Waals surface area contributed by atoms with Crippen molar-refractivity contribution in [1.29, 1.82) is 0 Å². The first-order chi connectivity index (χ1) is 10.9. The van der Waals surface area contributed by atoms with E-state index >= 15 is 0 Å². The predicted octanol–water partition coefficient (Wildman–Crippen LogP) is -1.25. The number of benzene rings is 1. The van der Waals surface area contributed by atoms with Gasteiger partial charge in [0.1, 0.15) is 24.1 Å². The van der Waals surface area contributed by atoms with Gasteiger partial charge < -0.3 is 35.0 Å². The minimum atomic E-state index is -1.68. The van der Waals surface area contributed by atoms with Gasteiger partial charge in [0.15, 0.2) is 12.4 Å². The molecule has 0 aromatic heterocycles. The smallest absolute Gasteiger partial charge is 0.331 e. The molecular formula is C15H18O8. The number of esters is 1. The number of carbonyl (C=O) groups excluding carboxylic acids is 1. The van der Waals surface area contributed by atoms with E-state index in [-0.39, 0.29) is 5.75 Å². The molecule has 0 saturated carbocycles. The highest BCUT2D eigenvalue weighted by molar-refractivity contribution is 5.87. The minimum absolute atomic E-state index is 0.0885. The van der Waals surface area contributed by atoms with Crippen molar-refractivity contribution in [2.24, 2.45) is 0 Å². The molecule has 1 aliphatic heterocycles. The van der Waals surface area contributed by atoms with E-state index in [1.165, 1.54) is 18.2 Å². The predicted molar refractivity (Wildman–Crippen MR) is 77.0 cm³/mol. The largest absolute Gasteiger partial charge is 0.508 e. The van der Waals surface area contributed by atoms with Crippen LogP contribution in [-0.2, 0) is 14.3 Å². The van der Waals surface area contributed by atoms with Crippen LogP contribution in [0.5, 0.6) is 5.75 Å². The van der Waals surface area contributed by atoms with Gasteiger partial charge in [0.05, 0.1) is 6.61 Å². The van der Waals surface area contributed by atoms with Crippen molar-refractivity contribution >= 4 is 12.0 Å². The van der Waals surface area contributed by atoms with Crippen LogP contribution in [0.15, 0.2) is 30.3 Å². The number of hydrogen-bond donors (Lipinski definition) is 5. The van der Waals surface area contributed by atoms with E-state index in [1.807, 2.05) is 0 Å². The summed E-state index contributed by atoms with van der Waals surface area (Å²) in [5.41, 5.74) is 0.634. The summed E-state index contributed by atoms with van der Waals surface area (Å²) in [6.45, 7) is -0.611. The molecule has 0 unspecified atom stereocenters. The lowest BCUT2D eigenvalue weighted by Gasteiger charge is -2.39. The fourth-order valence-electron chi connectivity index (χ4n) is 2.14. The fourth-order valence-corrected chi connectivity index (χ4v) is 2.14. The lowest BCUT2D eigenvalue weighted by atomic mass is 9.99. The summed E-state index contributed by atoms with van der Waals surface area (Å²) in [5, 5.41) is 47.1. The van der Waals surface area contributed by atoms with Gasteiger partial charge in [0.25, 0.3) is 0 Å². The summed E-state index contributed by atoms with van der Waals surface area (Å²) in [5.74, 6) is -0.738. The van der Waals surface area contributed by atoms with Gasteiger partial charge in [-0.15, -0.1) is 0 Å². The molecule has 5 N–H and O–H groups in total. The Hall–Kier alpha value is -1.97. The van der Waals surface area contributed by atoms with E-state index in [1.54, 1.807) is 12.1 Å². The first-order valence-corrected chi connectivity index (χ1v) is 6.90. The Morgan fingerprint density at radius 1 is 1.17 bits per heavy atom. The monoisotopic (exact) mass is 326 g/mol. The Labute approximate surface area is 131 Å². The highest BCUT2D eigenvalue weighted by atomic mass is 16.7. The molecule has 1 fully saturated rings. The molecule has 2 rings (SSSR count). The number of aliphatic hydroxyl groups excluding tert-OH is 4. The van der Waals surface area contributed by atoms with Crippen LogP contribution in [-0.4, -0.2) is 68.8 Å². The van der Waals surface area contributed by atoms with E-state index in [9.17, 15) is 20.1 Å². The Morgan fingerprint density at radius 3 is 2.43 bits per heavy atom. The third-order valence-corrected chi connectivity index (χ3v) is 3.40. The first kappa shape index (κ1) is 17.4. The summed E-state index contributed by atoms with van der Waals surface area (Å²) < 4.78 is 9.86. The van der Waals surface area contributed by atoms with Gasteiger partial charge in [-0.05, 0) is 23.8 Å². The summed E-state index contributed by atoms with van der Waals surface area (Å²) in [6.07, 6.45) is -4.89. The van der Waals surface area contributed by atoms with Crippen molar-refractivity contribution in [3.8, 4) is 5.75 Å². The molecule has 126 valence electrons. The standard InChI is InChI=1S/C15H18O8/c16-7-10-14(12(19)13(20)15(21)22-10)23-11(18)6-3-8-1-4-9(17)5-2-8/h1-6,10,12-17,19-21H,7H2/b6-3-/t10-,12-,13-,14-,15-/m1/s1. The van der Waals surface area contributed by atoms with Gasteiger partial charge in [0, 0.05) is 6.08 Å². The van der Waals surface area contributed by atoms with E-state index in [4.69, 9.17) is 19.7 Å². The van der Waals surface area contributed by atoms with Crippen LogP contribution in [0.2, 0.25) is 0 Å². The number of phenolic OH excluding ortho intramolecular Hbond substituents is 1. The lowest BCUT2D eigenvalue weighted by molar-refractivity contribution is -0.289. The molecular weight excluding hydrogens is 308 g/mol. The summed E-state index contributed by atoms with van der Waals surface area (Å²) in [7, 11) is 0. The quantitative estimate of drug-likeness (QED) is 0.342. The molecule has 5 atom stereocenters. The van der Waals surface area contributed by atoms with Crippen molar-refractivity contribution < 1.29 is 39.8 Å². The molecule has 0 aliphatic carbocycles. The topological polar surface area (TPSA) is 137 Å². The van der Waals surface area contributed by atoms with Crippen LogP contribution in [0.25, 0.3) is 6.08 Å². The third kappa shape index (κ3) is 4.27. The zero-order valence-electron chi connectivity index (χ0n) is 12.0. The second-order valence-corrected chi connectivity index (χ2v) is 5.06. The van der Waals surface area contributed by atoms with Crippen molar-refractivity contribution in [3.05, 3.63) is 35.9 Å². The van der Waals surface area contributed by atoms with Crippen LogP contribution >= 0.6 is 0 Å². The Bertz CT molecular complexity index is 553. The van der Waals surface area contributed by atoms with Crippen LogP contribution in [0.4, 0.5) is 0 Å². The van der Waals surface area contributed by atoms with Gasteiger partial charge in [-0.25, -0.2) is 4.79 Å². The molecule has 0 spiro atoms. The zero-order chi connectivity index (χ0) is 17.0. The summed E-state index contributed by atoms with van der Waals surface area (Å²) in [4.78, 5) is 11.8. The van der Waals surface area contributed by atoms with Crippen LogP contribution < -0.4 is 0 Å². The molecule has 0 radical (unpaired) electrons. The molecule has 1 heterocycles. The average Bonchev–Trinajstić information content (AvgIpc) is 2.54. The number of carbonyl (C=O) groups is 1. The van der Waals surface area contributed by atoms with Crippen molar-refractivity contribution in [2.45, 2.75) is 30.7 Å². The highest BCUT2D eigenvalue weighted by Gasteiger charge is 2.45. The maximum Gasteiger partial charge on any atom is 0.331 e. The lowest BCUT2D eigenvalue weighted by Crippen LogP contribution is -2.59. The van der Waals surface area contributed by atoms with Gasteiger partial charge >= 0.3 is 5.97 Å². The van der Waals surface area contributed by atoms with E-state index < -0.39 is 43.3 Å². The average molecular weight is 326 g/mol. The van der Waals surface area contributed by atoms with Gasteiger partial charge in [0.2, 0.25) is 0 Å². The molecule has 23 heavy (non-hydrogen) atoms. The number of hydrogen-bond acceptors (Lipinski definition) is 8. The molecule has 0 amide bonds.